The molecule has 0 aromatic heterocycles. The lowest BCUT2D eigenvalue weighted by atomic mass is 9.94. The van der Waals surface area contributed by atoms with Crippen molar-refractivity contribution in [3.05, 3.63) is 28.8 Å². The van der Waals surface area contributed by atoms with E-state index in [4.69, 9.17) is 16.3 Å². The van der Waals surface area contributed by atoms with Gasteiger partial charge in [0, 0.05) is 12.6 Å². The van der Waals surface area contributed by atoms with Crippen molar-refractivity contribution in [1.29, 1.82) is 0 Å². The zero-order chi connectivity index (χ0) is 13.0. The first-order valence-corrected chi connectivity index (χ1v) is 5.99. The molecule has 1 rings (SSSR count). The lowest BCUT2D eigenvalue weighted by Crippen LogP contribution is -2.27. The summed E-state index contributed by atoms with van der Waals surface area (Å²) in [5, 5.41) is 9.90. The highest BCUT2D eigenvalue weighted by Gasteiger charge is 2.21. The summed E-state index contributed by atoms with van der Waals surface area (Å²) in [6, 6.07) is 5.89. The molecule has 4 heteroatoms. The molecule has 3 nitrogen and oxygen atoms in total. The summed E-state index contributed by atoms with van der Waals surface area (Å²) in [5.41, 5.74) is 1.09. The Kier molecular flexibility index (Phi) is 5.25. The van der Waals surface area contributed by atoms with Crippen molar-refractivity contribution < 1.29 is 9.84 Å². The standard InChI is InChI=1S/C13H20ClNO2/c1-9(8-16)13(15(2)3)10-5-6-12(17-4)11(14)7-10/h5-7,9,13,16H,8H2,1-4H3. The molecule has 17 heavy (non-hydrogen) atoms. The fourth-order valence-electron chi connectivity index (χ4n) is 2.10. The summed E-state index contributed by atoms with van der Waals surface area (Å²) in [5.74, 6) is 0.819. The topological polar surface area (TPSA) is 32.7 Å². The maximum atomic E-state index is 9.30. The Balaban J connectivity index is 3.07. The Bertz CT molecular complexity index is 368. The van der Waals surface area contributed by atoms with Gasteiger partial charge in [-0.25, -0.2) is 0 Å². The van der Waals surface area contributed by atoms with E-state index in [1.54, 1.807) is 7.11 Å². The van der Waals surface area contributed by atoms with Crippen molar-refractivity contribution in [3.8, 4) is 5.75 Å². The Hall–Kier alpha value is -0.770. The van der Waals surface area contributed by atoms with E-state index in [0.717, 1.165) is 5.56 Å². The largest absolute Gasteiger partial charge is 0.495 e. The zero-order valence-electron chi connectivity index (χ0n) is 10.8. The Morgan fingerprint density at radius 1 is 1.41 bits per heavy atom. The van der Waals surface area contributed by atoms with Crippen LogP contribution in [0.15, 0.2) is 18.2 Å². The summed E-state index contributed by atoms with van der Waals surface area (Å²) >= 11 is 6.12. The number of halogens is 1. The van der Waals surface area contributed by atoms with Crippen LogP contribution in [0, 0.1) is 5.92 Å². The van der Waals surface area contributed by atoms with Gasteiger partial charge in [0.05, 0.1) is 12.1 Å². The number of nitrogens with zero attached hydrogens (tertiary/aromatic N) is 1. The first-order valence-electron chi connectivity index (χ1n) is 5.62. The first-order chi connectivity index (χ1) is 8.01. The minimum Gasteiger partial charge on any atom is -0.495 e. The molecule has 1 aromatic carbocycles. The number of ether oxygens (including phenoxy) is 1. The average molecular weight is 258 g/mol. The van der Waals surface area contributed by atoms with E-state index in [1.807, 2.05) is 39.2 Å². The molecule has 0 aliphatic heterocycles. The fourth-order valence-corrected chi connectivity index (χ4v) is 2.37. The highest BCUT2D eigenvalue weighted by Crippen LogP contribution is 2.32. The van der Waals surface area contributed by atoms with Gasteiger partial charge in [0.2, 0.25) is 0 Å². The molecule has 1 N–H and O–H groups in total. The number of rotatable bonds is 5. The highest BCUT2D eigenvalue weighted by molar-refractivity contribution is 6.32. The average Bonchev–Trinajstić information content (AvgIpc) is 2.28. The van der Waals surface area contributed by atoms with Crippen LogP contribution in [0.4, 0.5) is 0 Å². The lowest BCUT2D eigenvalue weighted by Gasteiger charge is -2.29. The van der Waals surface area contributed by atoms with Crippen LogP contribution in [0.3, 0.4) is 0 Å². The third-order valence-electron chi connectivity index (χ3n) is 2.90. The quantitative estimate of drug-likeness (QED) is 0.880. The minimum absolute atomic E-state index is 0.142. The molecule has 0 heterocycles. The molecule has 0 bridgehead atoms. The molecule has 2 atom stereocenters. The monoisotopic (exact) mass is 257 g/mol. The molecule has 96 valence electrons. The van der Waals surface area contributed by atoms with E-state index in [1.165, 1.54) is 0 Å². The molecule has 0 fully saturated rings. The summed E-state index contributed by atoms with van der Waals surface area (Å²) < 4.78 is 5.13. The van der Waals surface area contributed by atoms with E-state index in [2.05, 4.69) is 4.90 Å². The maximum absolute atomic E-state index is 9.30. The van der Waals surface area contributed by atoms with E-state index in [0.29, 0.717) is 10.8 Å². The number of hydrogen-bond acceptors (Lipinski definition) is 3. The third-order valence-corrected chi connectivity index (χ3v) is 3.20. The van der Waals surface area contributed by atoms with Crippen molar-refractivity contribution >= 4 is 11.6 Å². The van der Waals surface area contributed by atoms with Crippen molar-refractivity contribution in [2.75, 3.05) is 27.8 Å². The van der Waals surface area contributed by atoms with Crippen LogP contribution in [-0.2, 0) is 0 Å². The number of hydrogen-bond donors (Lipinski definition) is 1. The molecule has 0 amide bonds. The molecule has 0 aliphatic rings. The van der Waals surface area contributed by atoms with Crippen LogP contribution >= 0.6 is 11.6 Å². The molecule has 0 saturated heterocycles. The predicted molar refractivity (Wildman–Crippen MR) is 70.7 cm³/mol. The van der Waals surface area contributed by atoms with Gasteiger partial charge in [-0.15, -0.1) is 0 Å². The van der Waals surface area contributed by atoms with E-state index in [-0.39, 0.29) is 18.6 Å². The number of aliphatic hydroxyl groups excluding tert-OH is 1. The molecule has 0 aliphatic carbocycles. The van der Waals surface area contributed by atoms with Gasteiger partial charge in [-0.1, -0.05) is 24.6 Å². The van der Waals surface area contributed by atoms with Gasteiger partial charge >= 0.3 is 0 Å². The van der Waals surface area contributed by atoms with Gasteiger partial charge in [0.15, 0.2) is 0 Å². The second kappa shape index (κ2) is 6.24. The Morgan fingerprint density at radius 2 is 2.06 bits per heavy atom. The van der Waals surface area contributed by atoms with Crippen molar-refractivity contribution in [2.45, 2.75) is 13.0 Å². The SMILES string of the molecule is COc1ccc(C(C(C)CO)N(C)C)cc1Cl. The fraction of sp³-hybridized carbons (Fsp3) is 0.538. The third kappa shape index (κ3) is 3.35. The van der Waals surface area contributed by atoms with E-state index >= 15 is 0 Å². The number of benzene rings is 1. The van der Waals surface area contributed by atoms with E-state index in [9.17, 15) is 5.11 Å². The van der Waals surface area contributed by atoms with Crippen LogP contribution in [0.2, 0.25) is 5.02 Å². The second-order valence-electron chi connectivity index (χ2n) is 4.46. The minimum atomic E-state index is 0.142. The van der Waals surface area contributed by atoms with Gasteiger partial charge in [-0.05, 0) is 37.7 Å². The van der Waals surface area contributed by atoms with Crippen molar-refractivity contribution in [2.24, 2.45) is 5.92 Å². The van der Waals surface area contributed by atoms with E-state index < -0.39 is 0 Å². The summed E-state index contributed by atoms with van der Waals surface area (Å²) in [4.78, 5) is 2.08. The van der Waals surface area contributed by atoms with Gasteiger partial charge in [-0.3, -0.25) is 0 Å². The zero-order valence-corrected chi connectivity index (χ0v) is 11.5. The Labute approximate surface area is 108 Å². The van der Waals surface area contributed by atoms with Gasteiger partial charge in [0.25, 0.3) is 0 Å². The van der Waals surface area contributed by atoms with Crippen molar-refractivity contribution in [3.63, 3.8) is 0 Å². The summed E-state index contributed by atoms with van der Waals surface area (Å²) in [6.45, 7) is 2.16. The molecule has 2 unspecified atom stereocenters. The molecule has 0 spiro atoms. The number of methoxy groups -OCH3 is 1. The summed E-state index contributed by atoms with van der Waals surface area (Å²) in [7, 11) is 5.59. The number of aliphatic hydroxyl groups is 1. The molecule has 0 saturated carbocycles. The van der Waals surface area contributed by atoms with Crippen LogP contribution in [0.25, 0.3) is 0 Å². The smallest absolute Gasteiger partial charge is 0.137 e. The Morgan fingerprint density at radius 3 is 2.47 bits per heavy atom. The van der Waals surface area contributed by atoms with Crippen LogP contribution < -0.4 is 4.74 Å². The van der Waals surface area contributed by atoms with Gasteiger partial charge in [-0.2, -0.15) is 0 Å². The molecule has 0 radical (unpaired) electrons. The maximum Gasteiger partial charge on any atom is 0.137 e. The normalized spacial score (nSPS) is 14.8. The van der Waals surface area contributed by atoms with Gasteiger partial charge < -0.3 is 14.7 Å². The van der Waals surface area contributed by atoms with Crippen LogP contribution in [0.5, 0.6) is 5.75 Å². The summed E-state index contributed by atoms with van der Waals surface area (Å²) in [6.07, 6.45) is 0. The molecule has 1 aromatic rings. The molecular weight excluding hydrogens is 238 g/mol. The highest BCUT2D eigenvalue weighted by atomic mass is 35.5. The van der Waals surface area contributed by atoms with Gasteiger partial charge in [0.1, 0.15) is 5.75 Å². The van der Waals surface area contributed by atoms with Crippen molar-refractivity contribution in [1.82, 2.24) is 4.90 Å². The predicted octanol–water partition coefficient (Wildman–Crippen LogP) is 2.58. The van der Waals surface area contributed by atoms with Crippen LogP contribution in [0.1, 0.15) is 18.5 Å². The lowest BCUT2D eigenvalue weighted by molar-refractivity contribution is 0.145. The molecular formula is C13H20ClNO2. The van der Waals surface area contributed by atoms with Crippen LogP contribution in [-0.4, -0.2) is 37.8 Å². The first kappa shape index (κ1) is 14.3. The second-order valence-corrected chi connectivity index (χ2v) is 4.87.